The summed E-state index contributed by atoms with van der Waals surface area (Å²) in [4.78, 5) is 7.32. The Morgan fingerprint density at radius 2 is 2.00 bits per heavy atom. The van der Waals surface area contributed by atoms with Crippen molar-refractivity contribution < 1.29 is 33.6 Å². The van der Waals surface area contributed by atoms with E-state index in [0.717, 1.165) is 7.11 Å². The Bertz CT molecular complexity index is 1310. The molecule has 0 saturated heterocycles. The van der Waals surface area contributed by atoms with Gasteiger partial charge in [0.05, 0.1) is 30.0 Å². The highest BCUT2D eigenvalue weighted by atomic mass is 19.3. The molecule has 34 heavy (non-hydrogen) atoms. The molecule has 0 saturated carbocycles. The van der Waals surface area contributed by atoms with Crippen LogP contribution < -0.4 is 9.47 Å². The number of halogens is 4. The van der Waals surface area contributed by atoms with Crippen LogP contribution >= 0.6 is 0 Å². The van der Waals surface area contributed by atoms with Crippen molar-refractivity contribution in [1.82, 2.24) is 29.5 Å². The number of alkyl halides is 4. The Morgan fingerprint density at radius 1 is 1.24 bits per heavy atom. The Balaban J connectivity index is 0.00000111. The van der Waals surface area contributed by atoms with Gasteiger partial charge in [-0.1, -0.05) is 6.92 Å². The summed E-state index contributed by atoms with van der Waals surface area (Å²) >= 11 is 0. The number of pyridine rings is 1. The zero-order chi connectivity index (χ0) is 24.6. The minimum atomic E-state index is -3.11. The number of aliphatic hydroxyl groups is 1. The average molecular weight is 484 g/mol. The van der Waals surface area contributed by atoms with Gasteiger partial charge in [-0.3, -0.25) is 4.68 Å². The van der Waals surface area contributed by atoms with Crippen LogP contribution in [0.1, 0.15) is 20.5 Å². The first-order chi connectivity index (χ1) is 16.3. The molecule has 0 unspecified atom stereocenters. The molecule has 0 aliphatic carbocycles. The third-order valence-corrected chi connectivity index (χ3v) is 5.21. The fraction of sp³-hybridized carbons (Fsp3) is 0.381. The second-order valence-electron chi connectivity index (χ2n) is 7.64. The molecule has 4 aromatic heterocycles. The lowest BCUT2D eigenvalue weighted by atomic mass is 10.0. The number of fused-ring (bicyclic) bond motifs is 2. The van der Waals surface area contributed by atoms with Crippen molar-refractivity contribution >= 4 is 11.0 Å². The van der Waals surface area contributed by atoms with E-state index in [1.807, 2.05) is 6.92 Å². The van der Waals surface area contributed by atoms with E-state index >= 15 is 0 Å². The Morgan fingerprint density at radius 3 is 2.71 bits per heavy atom. The Hall–Kier alpha value is -3.61. The third kappa shape index (κ3) is 4.06. The molecule has 2 N–H and O–H groups in total. The molecule has 0 aromatic carbocycles. The monoisotopic (exact) mass is 484 g/mol. The van der Waals surface area contributed by atoms with Gasteiger partial charge in [0.15, 0.2) is 0 Å². The second kappa shape index (κ2) is 9.33. The largest absolute Gasteiger partial charge is 0.477 e. The van der Waals surface area contributed by atoms with Gasteiger partial charge in [-0.2, -0.15) is 13.9 Å². The van der Waals surface area contributed by atoms with Crippen LogP contribution in [0.2, 0.25) is 0 Å². The van der Waals surface area contributed by atoms with E-state index in [4.69, 9.17) is 9.84 Å². The summed E-state index contributed by atoms with van der Waals surface area (Å²) < 4.78 is 67.3. The van der Waals surface area contributed by atoms with Crippen molar-refractivity contribution in [3.8, 4) is 34.1 Å². The highest BCUT2D eigenvalue weighted by Crippen LogP contribution is 2.47. The first-order valence-corrected chi connectivity index (χ1v) is 10.3. The topological polar surface area (TPSA) is 103 Å². The summed E-state index contributed by atoms with van der Waals surface area (Å²) in [6.07, 6.45) is 0.129. The first kappa shape index (κ1) is 23.5. The van der Waals surface area contributed by atoms with Crippen molar-refractivity contribution in [3.05, 3.63) is 30.2 Å². The van der Waals surface area contributed by atoms with Gasteiger partial charge in [-0.15, -0.1) is 5.10 Å². The van der Waals surface area contributed by atoms with E-state index < -0.39 is 18.7 Å². The molecule has 0 bridgehead atoms. The standard InChI is InChI=1S/C20H18F4N6O2.CH4O.H2/c1-9-6-30-19(31-8-9)13(15(27-30)16(21)22)14-12(10-4-3-5-25-17(10)26-14)11-7-29(2)28-18(11)32-20(23)24;1-2;/h3-5,7,9,16,20H,6,8H2,1-2H3,(H,25,26);2H,1H3;1H/t9-;;/m1../s1. The molecule has 0 fully saturated rings. The van der Waals surface area contributed by atoms with Gasteiger partial charge < -0.3 is 19.6 Å². The van der Waals surface area contributed by atoms with E-state index in [-0.39, 0.29) is 35.9 Å². The number of nitrogens with zero attached hydrogens (tertiary/aromatic N) is 5. The summed E-state index contributed by atoms with van der Waals surface area (Å²) in [6, 6.07) is 3.37. The number of ether oxygens (including phenoxy) is 2. The molecule has 1 aliphatic heterocycles. The maximum atomic E-state index is 14.0. The molecular formula is C21H24F4N6O3. The first-order valence-electron chi connectivity index (χ1n) is 10.3. The number of hydrogen-bond acceptors (Lipinski definition) is 6. The molecule has 1 aliphatic rings. The van der Waals surface area contributed by atoms with Crippen LogP contribution in [0.3, 0.4) is 0 Å². The molecule has 0 spiro atoms. The van der Waals surface area contributed by atoms with Crippen molar-refractivity contribution in [1.29, 1.82) is 0 Å². The van der Waals surface area contributed by atoms with Crippen molar-refractivity contribution in [3.63, 3.8) is 0 Å². The number of aromatic amines is 1. The lowest BCUT2D eigenvalue weighted by molar-refractivity contribution is -0.0527. The maximum absolute atomic E-state index is 14.0. The fourth-order valence-electron chi connectivity index (χ4n) is 3.99. The van der Waals surface area contributed by atoms with Crippen molar-refractivity contribution in [2.24, 2.45) is 13.0 Å². The number of H-pyrrole nitrogens is 1. The lowest BCUT2D eigenvalue weighted by Crippen LogP contribution is -2.23. The molecule has 13 heteroatoms. The number of hydrogen-bond donors (Lipinski definition) is 2. The third-order valence-electron chi connectivity index (χ3n) is 5.21. The van der Waals surface area contributed by atoms with E-state index in [0.29, 0.717) is 29.7 Å². The van der Waals surface area contributed by atoms with Crippen molar-refractivity contribution in [2.75, 3.05) is 13.7 Å². The number of rotatable bonds is 5. The van der Waals surface area contributed by atoms with Gasteiger partial charge in [0.2, 0.25) is 11.8 Å². The van der Waals surface area contributed by atoms with Crippen LogP contribution in [0.15, 0.2) is 24.5 Å². The summed E-state index contributed by atoms with van der Waals surface area (Å²) in [7, 11) is 2.55. The van der Waals surface area contributed by atoms with Gasteiger partial charge in [0.25, 0.3) is 6.43 Å². The number of nitrogens with one attached hydrogen (secondary N) is 1. The maximum Gasteiger partial charge on any atom is 0.388 e. The minimum Gasteiger partial charge on any atom is -0.477 e. The Kier molecular flexibility index (Phi) is 6.46. The van der Waals surface area contributed by atoms with Gasteiger partial charge in [-0.25, -0.2) is 18.4 Å². The summed E-state index contributed by atoms with van der Waals surface area (Å²) in [5.41, 5.74) is 0.739. The van der Waals surface area contributed by atoms with Gasteiger partial charge in [-0.05, 0) is 12.1 Å². The van der Waals surface area contributed by atoms with Crippen LogP contribution in [0.5, 0.6) is 11.8 Å². The molecule has 1 atom stereocenters. The molecule has 5 rings (SSSR count). The van der Waals surface area contributed by atoms with E-state index in [1.54, 1.807) is 19.2 Å². The summed E-state index contributed by atoms with van der Waals surface area (Å²) in [5.74, 6) is -0.0527. The van der Waals surface area contributed by atoms with Crippen LogP contribution in [-0.2, 0) is 13.6 Å². The highest BCUT2D eigenvalue weighted by molar-refractivity contribution is 6.04. The van der Waals surface area contributed by atoms with Crippen molar-refractivity contribution in [2.45, 2.75) is 26.5 Å². The number of aliphatic hydroxyl groups excluding tert-OH is 1. The molecule has 5 heterocycles. The van der Waals surface area contributed by atoms with E-state index in [2.05, 4.69) is 24.9 Å². The predicted molar refractivity (Wildman–Crippen MR) is 116 cm³/mol. The molecule has 184 valence electrons. The SMILES string of the molecule is CO.C[C@H]1COc2c(-c3[nH]c4ncccc4c3-c3cn(C)nc3OC(F)F)c(C(F)F)nn2C1.[HH]. The van der Waals surface area contributed by atoms with Gasteiger partial charge in [0.1, 0.15) is 11.3 Å². The summed E-state index contributed by atoms with van der Waals surface area (Å²) in [6.45, 7) is -0.438. The fourth-order valence-corrected chi connectivity index (χ4v) is 3.99. The van der Waals surface area contributed by atoms with Crippen LogP contribution in [0, 0.1) is 5.92 Å². The molecule has 0 radical (unpaired) electrons. The van der Waals surface area contributed by atoms with Gasteiger partial charge >= 0.3 is 6.61 Å². The normalized spacial score (nSPS) is 15.3. The zero-order valence-electron chi connectivity index (χ0n) is 18.5. The van der Waals surface area contributed by atoms with Gasteiger partial charge in [0, 0.05) is 44.8 Å². The number of aromatic nitrogens is 6. The van der Waals surface area contributed by atoms with E-state index in [1.165, 1.54) is 21.8 Å². The van der Waals surface area contributed by atoms with Crippen LogP contribution in [0.25, 0.3) is 33.4 Å². The second-order valence-corrected chi connectivity index (χ2v) is 7.64. The highest BCUT2D eigenvalue weighted by Gasteiger charge is 2.34. The minimum absolute atomic E-state index is 0. The average Bonchev–Trinajstić information content (AvgIpc) is 3.46. The molecule has 0 amide bonds. The quantitative estimate of drug-likeness (QED) is 0.411. The van der Waals surface area contributed by atoms with Crippen LogP contribution in [-0.4, -0.2) is 55.0 Å². The molecular weight excluding hydrogens is 460 g/mol. The van der Waals surface area contributed by atoms with E-state index in [9.17, 15) is 17.6 Å². The molecule has 9 nitrogen and oxygen atoms in total. The van der Waals surface area contributed by atoms with Crippen LogP contribution in [0.4, 0.5) is 17.6 Å². The summed E-state index contributed by atoms with van der Waals surface area (Å²) in [5, 5.41) is 15.6. The predicted octanol–water partition coefficient (Wildman–Crippen LogP) is 4.25. The molecule has 4 aromatic rings. The Labute approximate surface area is 192 Å². The number of aryl methyl sites for hydroxylation is 1. The zero-order valence-corrected chi connectivity index (χ0v) is 18.5. The smallest absolute Gasteiger partial charge is 0.388 e. The lowest BCUT2D eigenvalue weighted by Gasteiger charge is -2.21.